The highest BCUT2D eigenvalue weighted by molar-refractivity contribution is 5.90. The molecule has 0 fully saturated rings. The molecule has 0 aromatic heterocycles. The van der Waals surface area contributed by atoms with Gasteiger partial charge in [0.15, 0.2) is 11.6 Å². The molecule has 0 unspecified atom stereocenters. The molecule has 2 atom stereocenters. The van der Waals surface area contributed by atoms with Gasteiger partial charge in [0.05, 0.1) is 12.1 Å². The van der Waals surface area contributed by atoms with Crippen molar-refractivity contribution in [2.75, 3.05) is 5.32 Å². The van der Waals surface area contributed by atoms with E-state index in [1.165, 1.54) is 6.07 Å². The van der Waals surface area contributed by atoms with E-state index >= 15 is 0 Å². The second-order valence-electron chi connectivity index (χ2n) is 8.36. The average molecular weight is 402 g/mol. The molecule has 2 aromatic rings. The Hall–Kier alpha value is -2.67. The topological polar surface area (TPSA) is 70.6 Å². The predicted molar refractivity (Wildman–Crippen MR) is 105 cm³/mol. The highest BCUT2D eigenvalue weighted by Gasteiger charge is 2.37. The van der Waals surface area contributed by atoms with Crippen LogP contribution in [0, 0.1) is 11.6 Å². The molecule has 2 amide bonds. The molecular weight excluding hydrogens is 378 g/mol. The average Bonchev–Trinajstić information content (AvgIpc) is 2.63. The summed E-state index contributed by atoms with van der Waals surface area (Å²) < 4.78 is 33.7. The number of urea groups is 1. The molecule has 1 aliphatic carbocycles. The predicted octanol–water partition coefficient (Wildman–Crippen LogP) is 4.24. The van der Waals surface area contributed by atoms with Gasteiger partial charge in [0.2, 0.25) is 0 Å². The zero-order valence-electron chi connectivity index (χ0n) is 16.4. The Balaban J connectivity index is 1.57. The first-order valence-electron chi connectivity index (χ1n) is 9.76. The number of anilines is 1. The fourth-order valence-electron chi connectivity index (χ4n) is 4.20. The van der Waals surface area contributed by atoms with Gasteiger partial charge in [-0.1, -0.05) is 12.1 Å². The number of carbonyl (C=O) groups is 1. The monoisotopic (exact) mass is 402 g/mol. The summed E-state index contributed by atoms with van der Waals surface area (Å²) >= 11 is 0. The Morgan fingerprint density at radius 1 is 1.28 bits per heavy atom. The second kappa shape index (κ2) is 7.30. The van der Waals surface area contributed by atoms with Crippen LogP contribution in [0.4, 0.5) is 19.3 Å². The van der Waals surface area contributed by atoms with Crippen LogP contribution in [0.15, 0.2) is 30.3 Å². The number of aryl methyl sites for hydroxylation is 1. The number of rotatable bonds is 2. The molecule has 7 heteroatoms. The molecule has 2 aromatic carbocycles. The molecule has 3 N–H and O–H groups in total. The van der Waals surface area contributed by atoms with E-state index in [0.29, 0.717) is 24.9 Å². The maximum Gasteiger partial charge on any atom is 0.319 e. The maximum atomic E-state index is 14.2. The van der Waals surface area contributed by atoms with Gasteiger partial charge in [-0.25, -0.2) is 13.6 Å². The van der Waals surface area contributed by atoms with Crippen LogP contribution >= 0.6 is 0 Å². The van der Waals surface area contributed by atoms with E-state index in [0.717, 1.165) is 23.6 Å². The molecule has 0 saturated heterocycles. The summed E-state index contributed by atoms with van der Waals surface area (Å²) in [6.07, 6.45) is 1.88. The zero-order chi connectivity index (χ0) is 20.8. The lowest BCUT2D eigenvalue weighted by Crippen LogP contribution is -2.43. The van der Waals surface area contributed by atoms with Gasteiger partial charge >= 0.3 is 6.03 Å². The molecule has 1 aliphatic heterocycles. The zero-order valence-corrected chi connectivity index (χ0v) is 16.4. The third kappa shape index (κ3) is 4.05. The third-order valence-corrected chi connectivity index (χ3v) is 5.50. The Morgan fingerprint density at radius 3 is 2.86 bits per heavy atom. The van der Waals surface area contributed by atoms with Crippen molar-refractivity contribution in [2.45, 2.75) is 57.3 Å². The molecule has 1 heterocycles. The molecule has 0 bridgehead atoms. The minimum Gasteiger partial charge on any atom is -0.484 e. The number of hydrogen-bond acceptors (Lipinski definition) is 3. The molecule has 0 spiro atoms. The van der Waals surface area contributed by atoms with E-state index in [9.17, 15) is 18.7 Å². The number of carbonyl (C=O) groups excluding carboxylic acids is 1. The van der Waals surface area contributed by atoms with Gasteiger partial charge in [-0.05, 0) is 49.9 Å². The first-order chi connectivity index (χ1) is 13.7. The summed E-state index contributed by atoms with van der Waals surface area (Å²) in [5, 5.41) is 15.6. The Labute approximate surface area is 168 Å². The number of halogens is 2. The second-order valence-corrected chi connectivity index (χ2v) is 8.36. The number of amides is 2. The van der Waals surface area contributed by atoms with Crippen molar-refractivity contribution in [3.63, 3.8) is 0 Å². The minimum atomic E-state index is -0.786. The van der Waals surface area contributed by atoms with Gasteiger partial charge in [-0.15, -0.1) is 0 Å². The van der Waals surface area contributed by atoms with Gasteiger partial charge in [-0.2, -0.15) is 0 Å². The largest absolute Gasteiger partial charge is 0.484 e. The van der Waals surface area contributed by atoms with Crippen LogP contribution in [-0.2, 0) is 12.8 Å². The van der Waals surface area contributed by atoms with Gasteiger partial charge in [0.1, 0.15) is 11.4 Å². The third-order valence-electron chi connectivity index (χ3n) is 5.50. The van der Waals surface area contributed by atoms with E-state index in [-0.39, 0.29) is 11.3 Å². The van der Waals surface area contributed by atoms with Gasteiger partial charge < -0.3 is 20.5 Å². The highest BCUT2D eigenvalue weighted by Crippen LogP contribution is 2.41. The molecule has 154 valence electrons. The van der Waals surface area contributed by atoms with Crippen molar-refractivity contribution < 1.29 is 23.4 Å². The number of aliphatic hydroxyl groups excluding tert-OH is 1. The lowest BCUT2D eigenvalue weighted by molar-refractivity contribution is 0.0626. The van der Waals surface area contributed by atoms with Gasteiger partial charge in [-0.3, -0.25) is 0 Å². The highest BCUT2D eigenvalue weighted by atomic mass is 19.1. The first kappa shape index (κ1) is 19.6. The Kier molecular flexibility index (Phi) is 4.94. The molecule has 2 aliphatic rings. The number of aliphatic hydroxyl groups is 1. The summed E-state index contributed by atoms with van der Waals surface area (Å²) in [4.78, 5) is 12.7. The molecule has 4 rings (SSSR count). The van der Waals surface area contributed by atoms with Crippen LogP contribution in [0.25, 0.3) is 0 Å². The van der Waals surface area contributed by atoms with Crippen molar-refractivity contribution in [1.82, 2.24) is 5.32 Å². The van der Waals surface area contributed by atoms with Crippen LogP contribution in [0.1, 0.15) is 49.4 Å². The normalized spacial score (nSPS) is 22.1. The van der Waals surface area contributed by atoms with Crippen molar-refractivity contribution in [1.29, 1.82) is 0 Å². The Morgan fingerprint density at radius 2 is 2.07 bits per heavy atom. The van der Waals surface area contributed by atoms with Crippen LogP contribution in [0.3, 0.4) is 0 Å². The number of ether oxygens (including phenoxy) is 1. The van der Waals surface area contributed by atoms with E-state index in [1.807, 2.05) is 12.1 Å². The summed E-state index contributed by atoms with van der Waals surface area (Å²) in [5.41, 5.74) is 2.22. The fourth-order valence-corrected chi connectivity index (χ4v) is 4.20. The van der Waals surface area contributed by atoms with E-state index < -0.39 is 35.4 Å². The van der Waals surface area contributed by atoms with Crippen LogP contribution in [0.5, 0.6) is 5.75 Å². The van der Waals surface area contributed by atoms with Crippen molar-refractivity contribution in [3.8, 4) is 5.75 Å². The summed E-state index contributed by atoms with van der Waals surface area (Å²) in [7, 11) is 0. The Bertz CT molecular complexity index is 961. The standard InChI is InChI=1S/C22H24F2N2O3/c1-22(2)11-19(16-8-13(23)9-17(24)20(16)29-22)26-21(28)25-18-5-3-4-12-6-7-14(27)10-15(12)18/h3-5,8-9,14,19,27H,6-7,10-11H2,1-2H3,(H2,25,26,28)/t14-,19+/m0/s1. The molecule has 0 radical (unpaired) electrons. The van der Waals surface area contributed by atoms with Crippen molar-refractivity contribution >= 4 is 11.7 Å². The fraction of sp³-hybridized carbons (Fsp3) is 0.409. The minimum absolute atomic E-state index is 0.0341. The molecule has 5 nitrogen and oxygen atoms in total. The van der Waals surface area contributed by atoms with E-state index in [1.54, 1.807) is 19.9 Å². The number of benzene rings is 2. The first-order valence-corrected chi connectivity index (χ1v) is 9.76. The molecular formula is C22H24F2N2O3. The number of fused-ring (bicyclic) bond motifs is 2. The summed E-state index contributed by atoms with van der Waals surface area (Å²) in [6, 6.07) is 6.54. The van der Waals surface area contributed by atoms with Gasteiger partial charge in [0, 0.05) is 30.2 Å². The lowest BCUT2D eigenvalue weighted by Gasteiger charge is -2.38. The smallest absolute Gasteiger partial charge is 0.319 e. The van der Waals surface area contributed by atoms with Crippen molar-refractivity contribution in [2.24, 2.45) is 0 Å². The van der Waals surface area contributed by atoms with Crippen LogP contribution < -0.4 is 15.4 Å². The van der Waals surface area contributed by atoms with E-state index in [4.69, 9.17) is 4.74 Å². The van der Waals surface area contributed by atoms with Crippen LogP contribution in [-0.4, -0.2) is 22.8 Å². The summed E-state index contributed by atoms with van der Waals surface area (Å²) in [5.74, 6) is -1.54. The molecule has 0 saturated carbocycles. The van der Waals surface area contributed by atoms with Crippen LogP contribution in [0.2, 0.25) is 0 Å². The number of hydrogen-bond donors (Lipinski definition) is 3. The lowest BCUT2D eigenvalue weighted by atomic mass is 9.88. The van der Waals surface area contributed by atoms with Gasteiger partial charge in [0.25, 0.3) is 0 Å². The number of nitrogens with one attached hydrogen (secondary N) is 2. The van der Waals surface area contributed by atoms with Crippen molar-refractivity contribution in [3.05, 3.63) is 58.7 Å². The quantitative estimate of drug-likeness (QED) is 0.704. The SMILES string of the molecule is CC1(C)C[C@@H](NC(=O)Nc2cccc3c2C[C@@H](O)CC3)c2cc(F)cc(F)c2O1. The van der Waals surface area contributed by atoms with E-state index in [2.05, 4.69) is 10.6 Å². The molecule has 29 heavy (non-hydrogen) atoms. The maximum absolute atomic E-state index is 14.2. The summed E-state index contributed by atoms with van der Waals surface area (Å²) in [6.45, 7) is 3.58.